The predicted molar refractivity (Wildman–Crippen MR) is 134 cm³/mol. The predicted octanol–water partition coefficient (Wildman–Crippen LogP) is 6.31. The Labute approximate surface area is 200 Å². The van der Waals surface area contributed by atoms with Gasteiger partial charge in [0.25, 0.3) is 0 Å². The van der Waals surface area contributed by atoms with E-state index in [2.05, 4.69) is 20.6 Å². The lowest BCUT2D eigenvalue weighted by Crippen LogP contribution is -2.19. The summed E-state index contributed by atoms with van der Waals surface area (Å²) in [4.78, 5) is 33.7. The molecule has 2 aromatic heterocycles. The number of para-hydroxylation sites is 2. The molecule has 0 aliphatic heterocycles. The summed E-state index contributed by atoms with van der Waals surface area (Å²) in [6, 6.07) is 23.2. The summed E-state index contributed by atoms with van der Waals surface area (Å²) in [5.74, 6) is 0.693. The van der Waals surface area contributed by atoms with Crippen molar-refractivity contribution in [1.29, 1.82) is 0 Å². The van der Waals surface area contributed by atoms with E-state index in [0.717, 1.165) is 16.3 Å². The SMILES string of the molecule is Cc1ccc(NC(=O)Oc2cccc3cccnc23)cc1NC(=O)Oc1cccc2cccnc12. The standard InChI is InChI=1S/C27H20N4O4/c1-17-12-13-20(30-26(32)34-22-10-2-6-18-8-4-14-28-24(18)22)16-21(17)31-27(33)35-23-11-3-7-19-9-5-15-29-25(19)23/h2-16H,1H3,(H,30,32)(H,31,33). The van der Waals surface area contributed by atoms with Gasteiger partial charge >= 0.3 is 12.2 Å². The Bertz CT molecular complexity index is 1560. The summed E-state index contributed by atoms with van der Waals surface area (Å²) in [5, 5.41) is 7.12. The largest absolute Gasteiger partial charge is 0.417 e. The third-order valence-corrected chi connectivity index (χ3v) is 5.32. The lowest BCUT2D eigenvalue weighted by molar-refractivity contribution is 0.215. The number of hydrogen-bond acceptors (Lipinski definition) is 6. The number of carbonyl (C=O) groups is 2. The molecule has 8 nitrogen and oxygen atoms in total. The zero-order valence-electron chi connectivity index (χ0n) is 18.7. The molecule has 0 aliphatic carbocycles. The molecule has 0 unspecified atom stereocenters. The van der Waals surface area contributed by atoms with Crippen LogP contribution >= 0.6 is 0 Å². The van der Waals surface area contributed by atoms with Crippen molar-refractivity contribution in [3.05, 3.63) is 96.8 Å². The average molecular weight is 464 g/mol. The fraction of sp³-hybridized carbons (Fsp3) is 0.0370. The molecule has 5 aromatic rings. The number of benzene rings is 3. The molecular weight excluding hydrogens is 444 g/mol. The minimum atomic E-state index is -0.678. The minimum Gasteiger partial charge on any atom is -0.408 e. The molecule has 5 rings (SSSR count). The van der Waals surface area contributed by atoms with E-state index < -0.39 is 12.2 Å². The second-order valence-electron chi connectivity index (χ2n) is 7.72. The summed E-state index contributed by atoms with van der Waals surface area (Å²) >= 11 is 0. The minimum absolute atomic E-state index is 0.346. The summed E-state index contributed by atoms with van der Waals surface area (Å²) in [7, 11) is 0. The number of hydrogen-bond donors (Lipinski definition) is 2. The van der Waals surface area contributed by atoms with Crippen molar-refractivity contribution in [2.24, 2.45) is 0 Å². The van der Waals surface area contributed by atoms with E-state index in [1.165, 1.54) is 0 Å². The van der Waals surface area contributed by atoms with Gasteiger partial charge in [-0.25, -0.2) is 9.59 Å². The number of nitrogens with one attached hydrogen (secondary N) is 2. The molecule has 3 aromatic carbocycles. The first-order valence-corrected chi connectivity index (χ1v) is 10.8. The Morgan fingerprint density at radius 2 is 1.23 bits per heavy atom. The van der Waals surface area contributed by atoms with E-state index >= 15 is 0 Å². The van der Waals surface area contributed by atoms with Gasteiger partial charge in [0.1, 0.15) is 11.0 Å². The van der Waals surface area contributed by atoms with Gasteiger partial charge in [-0.1, -0.05) is 42.5 Å². The summed E-state index contributed by atoms with van der Waals surface area (Å²) in [5.41, 5.74) is 2.88. The first-order valence-electron chi connectivity index (χ1n) is 10.8. The van der Waals surface area contributed by atoms with Gasteiger partial charge in [0, 0.05) is 34.5 Å². The second-order valence-corrected chi connectivity index (χ2v) is 7.72. The number of rotatable bonds is 4. The van der Waals surface area contributed by atoms with Crippen LogP contribution in [0.3, 0.4) is 0 Å². The van der Waals surface area contributed by atoms with Crippen molar-refractivity contribution in [3.8, 4) is 11.5 Å². The van der Waals surface area contributed by atoms with Crippen LogP contribution in [0, 0.1) is 6.92 Å². The summed E-state index contributed by atoms with van der Waals surface area (Å²) in [6.07, 6.45) is 1.92. The van der Waals surface area contributed by atoms with Gasteiger partial charge in [-0.15, -0.1) is 0 Å². The molecule has 0 atom stereocenters. The lowest BCUT2D eigenvalue weighted by Gasteiger charge is -2.13. The summed E-state index contributed by atoms with van der Waals surface area (Å²) < 4.78 is 11.0. The van der Waals surface area contributed by atoms with Crippen LogP contribution in [0.5, 0.6) is 11.5 Å². The summed E-state index contributed by atoms with van der Waals surface area (Å²) in [6.45, 7) is 1.83. The number of ether oxygens (including phenoxy) is 2. The topological polar surface area (TPSA) is 102 Å². The van der Waals surface area contributed by atoms with Crippen LogP contribution in [0.1, 0.15) is 5.56 Å². The number of aryl methyl sites for hydroxylation is 1. The van der Waals surface area contributed by atoms with Gasteiger partial charge in [-0.3, -0.25) is 20.6 Å². The van der Waals surface area contributed by atoms with Gasteiger partial charge in [-0.2, -0.15) is 0 Å². The maximum Gasteiger partial charge on any atom is 0.417 e. The van der Waals surface area contributed by atoms with Crippen LogP contribution in [0.2, 0.25) is 0 Å². The Hall–Kier alpha value is -4.98. The highest BCUT2D eigenvalue weighted by Gasteiger charge is 2.13. The molecule has 35 heavy (non-hydrogen) atoms. The first-order chi connectivity index (χ1) is 17.1. The Morgan fingerprint density at radius 3 is 1.83 bits per heavy atom. The first kappa shape index (κ1) is 21.8. The number of nitrogens with zero attached hydrogens (tertiary/aromatic N) is 2. The fourth-order valence-electron chi connectivity index (χ4n) is 3.63. The van der Waals surface area contributed by atoms with E-state index in [1.807, 2.05) is 43.3 Å². The van der Waals surface area contributed by atoms with Crippen molar-refractivity contribution >= 4 is 45.4 Å². The average Bonchev–Trinajstić information content (AvgIpc) is 2.86. The van der Waals surface area contributed by atoms with Crippen molar-refractivity contribution in [2.75, 3.05) is 10.6 Å². The van der Waals surface area contributed by atoms with Crippen molar-refractivity contribution in [1.82, 2.24) is 9.97 Å². The molecule has 2 N–H and O–H groups in total. The van der Waals surface area contributed by atoms with Crippen molar-refractivity contribution in [3.63, 3.8) is 0 Å². The van der Waals surface area contributed by atoms with Crippen LogP contribution in [0.4, 0.5) is 21.0 Å². The second kappa shape index (κ2) is 9.48. The molecule has 0 spiro atoms. The van der Waals surface area contributed by atoms with Crippen molar-refractivity contribution in [2.45, 2.75) is 6.92 Å². The van der Waals surface area contributed by atoms with E-state index in [0.29, 0.717) is 33.9 Å². The Kier molecular flexibility index (Phi) is 5.92. The normalized spacial score (nSPS) is 10.7. The molecule has 172 valence electrons. The maximum atomic E-state index is 12.6. The molecule has 0 radical (unpaired) electrons. The molecule has 0 saturated heterocycles. The number of pyridine rings is 2. The molecule has 0 aliphatic rings. The number of fused-ring (bicyclic) bond motifs is 2. The van der Waals surface area contributed by atoms with Gasteiger partial charge in [-0.05, 0) is 48.9 Å². The zero-order chi connectivity index (χ0) is 24.2. The van der Waals surface area contributed by atoms with E-state index in [1.54, 1.807) is 54.9 Å². The molecule has 2 heterocycles. The smallest absolute Gasteiger partial charge is 0.408 e. The monoisotopic (exact) mass is 464 g/mol. The van der Waals surface area contributed by atoms with Crippen LogP contribution < -0.4 is 20.1 Å². The Balaban J connectivity index is 1.28. The van der Waals surface area contributed by atoms with Gasteiger partial charge in [0.2, 0.25) is 0 Å². The number of carbonyl (C=O) groups excluding carboxylic acids is 2. The lowest BCUT2D eigenvalue weighted by atomic mass is 10.2. The van der Waals surface area contributed by atoms with E-state index in [-0.39, 0.29) is 0 Å². The zero-order valence-corrected chi connectivity index (χ0v) is 18.7. The Morgan fingerprint density at radius 1 is 0.686 bits per heavy atom. The molecule has 0 saturated carbocycles. The fourth-order valence-corrected chi connectivity index (χ4v) is 3.63. The number of amides is 2. The molecule has 8 heteroatoms. The molecular formula is C27H20N4O4. The van der Waals surface area contributed by atoms with E-state index in [9.17, 15) is 9.59 Å². The highest BCUT2D eigenvalue weighted by Crippen LogP contribution is 2.26. The number of aromatic nitrogens is 2. The van der Waals surface area contributed by atoms with Crippen LogP contribution in [0.15, 0.2) is 91.3 Å². The van der Waals surface area contributed by atoms with Crippen LogP contribution in [0.25, 0.3) is 21.8 Å². The van der Waals surface area contributed by atoms with Gasteiger partial charge in [0.15, 0.2) is 11.5 Å². The van der Waals surface area contributed by atoms with Crippen molar-refractivity contribution < 1.29 is 19.1 Å². The highest BCUT2D eigenvalue weighted by atomic mass is 16.6. The van der Waals surface area contributed by atoms with Gasteiger partial charge < -0.3 is 9.47 Å². The maximum absolute atomic E-state index is 12.6. The third-order valence-electron chi connectivity index (χ3n) is 5.32. The highest BCUT2D eigenvalue weighted by molar-refractivity contribution is 5.94. The van der Waals surface area contributed by atoms with E-state index in [4.69, 9.17) is 9.47 Å². The third kappa shape index (κ3) is 4.86. The molecule has 0 bridgehead atoms. The molecule has 0 fully saturated rings. The number of anilines is 2. The van der Waals surface area contributed by atoms with Crippen LogP contribution in [-0.2, 0) is 0 Å². The molecule has 2 amide bonds. The quantitative estimate of drug-likeness (QED) is 0.323. The van der Waals surface area contributed by atoms with Crippen LogP contribution in [-0.4, -0.2) is 22.2 Å². The van der Waals surface area contributed by atoms with Gasteiger partial charge in [0.05, 0.1) is 0 Å².